The van der Waals surface area contributed by atoms with Gasteiger partial charge in [0.15, 0.2) is 0 Å². The molecule has 3 rings (SSSR count). The van der Waals surface area contributed by atoms with Gasteiger partial charge >= 0.3 is 5.69 Å². The number of hydrogen-bond acceptors (Lipinski definition) is 3. The molecular weight excluding hydrogens is 260 g/mol. The maximum atomic E-state index is 12.3. The quantitative estimate of drug-likeness (QED) is 0.714. The van der Waals surface area contributed by atoms with Crippen molar-refractivity contribution in [2.24, 2.45) is 7.05 Å². The van der Waals surface area contributed by atoms with Crippen molar-refractivity contribution in [2.75, 3.05) is 0 Å². The first-order valence-corrected chi connectivity index (χ1v) is 6.77. The molecule has 0 unspecified atom stereocenters. The van der Waals surface area contributed by atoms with Gasteiger partial charge in [-0.2, -0.15) is 0 Å². The zero-order chi connectivity index (χ0) is 13.4. The first kappa shape index (κ1) is 11.9. The summed E-state index contributed by atoms with van der Waals surface area (Å²) in [6.45, 7) is 0.304. The highest BCUT2D eigenvalue weighted by atomic mass is 32.1. The Hall–Kier alpha value is -2.14. The lowest BCUT2D eigenvalue weighted by Gasteiger charge is -2.08. The van der Waals surface area contributed by atoms with Crippen LogP contribution in [0.15, 0.2) is 51.4 Å². The van der Waals surface area contributed by atoms with Crippen LogP contribution in [0, 0.1) is 0 Å². The Morgan fingerprint density at radius 2 is 1.84 bits per heavy atom. The lowest BCUT2D eigenvalue weighted by Crippen LogP contribution is -2.38. The van der Waals surface area contributed by atoms with Crippen molar-refractivity contribution in [3.8, 4) is 0 Å². The van der Waals surface area contributed by atoms with Crippen molar-refractivity contribution in [1.82, 2.24) is 9.13 Å². The van der Waals surface area contributed by atoms with E-state index in [-0.39, 0.29) is 11.2 Å². The number of rotatable bonds is 2. The molecule has 0 spiro atoms. The summed E-state index contributed by atoms with van der Waals surface area (Å²) in [5.41, 5.74) is 0.447. The summed E-state index contributed by atoms with van der Waals surface area (Å²) in [7, 11) is 1.70. The second-order valence-electron chi connectivity index (χ2n) is 4.36. The van der Waals surface area contributed by atoms with E-state index in [1.807, 2.05) is 35.7 Å². The van der Waals surface area contributed by atoms with E-state index in [9.17, 15) is 9.59 Å². The predicted molar refractivity (Wildman–Crippen MR) is 76.9 cm³/mol. The molecular formula is C14H12N2O2S. The number of aromatic nitrogens is 2. The molecule has 0 radical (unpaired) electrons. The lowest BCUT2D eigenvalue weighted by molar-refractivity contribution is 0.663. The largest absolute Gasteiger partial charge is 0.332 e. The van der Waals surface area contributed by atoms with Crippen molar-refractivity contribution < 1.29 is 0 Å². The maximum Gasteiger partial charge on any atom is 0.332 e. The molecule has 2 heterocycles. The van der Waals surface area contributed by atoms with Gasteiger partial charge in [-0.25, -0.2) is 4.79 Å². The number of benzene rings is 1. The number of fused-ring (bicyclic) bond motifs is 1. The van der Waals surface area contributed by atoms with Gasteiger partial charge in [-0.3, -0.25) is 13.9 Å². The monoisotopic (exact) mass is 272 g/mol. The van der Waals surface area contributed by atoms with Gasteiger partial charge in [-0.15, -0.1) is 11.3 Å². The standard InChI is InChI=1S/C14H12N2O2S/c1-15-13-11(7-8-19-13)12(17)16(14(15)18)9-10-5-3-2-4-6-10/h2-8H,9H2,1H3. The molecule has 0 fully saturated rings. The molecule has 19 heavy (non-hydrogen) atoms. The summed E-state index contributed by atoms with van der Waals surface area (Å²) in [6, 6.07) is 11.3. The first-order valence-electron chi connectivity index (χ1n) is 5.89. The second-order valence-corrected chi connectivity index (χ2v) is 5.25. The van der Waals surface area contributed by atoms with Gasteiger partial charge in [0.25, 0.3) is 5.56 Å². The normalized spacial score (nSPS) is 11.0. The molecule has 0 saturated carbocycles. The van der Waals surface area contributed by atoms with Crippen LogP contribution >= 0.6 is 11.3 Å². The molecule has 0 aliphatic carbocycles. The molecule has 0 N–H and O–H groups in total. The Kier molecular flexibility index (Phi) is 2.83. The molecule has 5 heteroatoms. The molecule has 4 nitrogen and oxygen atoms in total. The lowest BCUT2D eigenvalue weighted by atomic mass is 10.2. The fourth-order valence-corrected chi connectivity index (χ4v) is 2.98. The molecule has 0 atom stereocenters. The van der Waals surface area contributed by atoms with Crippen LogP contribution in [0.4, 0.5) is 0 Å². The minimum Gasteiger partial charge on any atom is -0.287 e. The average molecular weight is 272 g/mol. The summed E-state index contributed by atoms with van der Waals surface area (Å²) in [6.07, 6.45) is 0. The third kappa shape index (κ3) is 1.92. The van der Waals surface area contributed by atoms with Gasteiger partial charge in [0.05, 0.1) is 11.9 Å². The molecule has 2 aromatic heterocycles. The molecule has 0 saturated heterocycles. The number of hydrogen-bond donors (Lipinski definition) is 0. The zero-order valence-corrected chi connectivity index (χ0v) is 11.2. The van der Waals surface area contributed by atoms with Crippen LogP contribution in [0.2, 0.25) is 0 Å². The molecule has 0 aliphatic heterocycles. The van der Waals surface area contributed by atoms with E-state index in [0.29, 0.717) is 11.9 Å². The number of nitrogens with zero attached hydrogens (tertiary/aromatic N) is 2. The van der Waals surface area contributed by atoms with Crippen molar-refractivity contribution >= 4 is 21.6 Å². The fourth-order valence-electron chi connectivity index (χ4n) is 2.13. The second kappa shape index (κ2) is 4.51. The van der Waals surface area contributed by atoms with E-state index in [2.05, 4.69) is 0 Å². The summed E-state index contributed by atoms with van der Waals surface area (Å²) in [5.74, 6) is 0. The summed E-state index contributed by atoms with van der Waals surface area (Å²) in [5, 5.41) is 2.43. The first-order chi connectivity index (χ1) is 9.18. The van der Waals surface area contributed by atoms with E-state index in [4.69, 9.17) is 0 Å². The van der Waals surface area contributed by atoms with E-state index in [1.165, 1.54) is 20.5 Å². The summed E-state index contributed by atoms with van der Waals surface area (Å²) < 4.78 is 2.81. The summed E-state index contributed by atoms with van der Waals surface area (Å²) >= 11 is 1.41. The van der Waals surface area contributed by atoms with Crippen LogP contribution < -0.4 is 11.2 Å². The van der Waals surface area contributed by atoms with E-state index >= 15 is 0 Å². The van der Waals surface area contributed by atoms with Gasteiger partial charge in [0, 0.05) is 7.05 Å². The Bertz CT molecular complexity index is 843. The van der Waals surface area contributed by atoms with Gasteiger partial charge in [-0.1, -0.05) is 30.3 Å². The van der Waals surface area contributed by atoms with Crippen LogP contribution in [-0.2, 0) is 13.6 Å². The smallest absolute Gasteiger partial charge is 0.287 e. The predicted octanol–water partition coefficient (Wildman–Crippen LogP) is 1.81. The van der Waals surface area contributed by atoms with Gasteiger partial charge in [0.1, 0.15) is 4.83 Å². The molecule has 96 valence electrons. The van der Waals surface area contributed by atoms with E-state index in [1.54, 1.807) is 13.1 Å². The fraction of sp³-hybridized carbons (Fsp3) is 0.143. The van der Waals surface area contributed by atoms with Crippen molar-refractivity contribution in [3.63, 3.8) is 0 Å². The molecule has 3 aromatic rings. The third-order valence-electron chi connectivity index (χ3n) is 3.13. The average Bonchev–Trinajstić information content (AvgIpc) is 2.92. The van der Waals surface area contributed by atoms with Crippen LogP contribution in [0.1, 0.15) is 5.56 Å². The Labute approximate surface area is 113 Å². The third-order valence-corrected chi connectivity index (χ3v) is 4.12. The minimum atomic E-state index is -0.274. The van der Waals surface area contributed by atoms with Crippen LogP contribution in [0.3, 0.4) is 0 Å². The van der Waals surface area contributed by atoms with Crippen molar-refractivity contribution in [3.05, 3.63) is 68.2 Å². The molecule has 0 amide bonds. The Morgan fingerprint density at radius 1 is 1.11 bits per heavy atom. The highest BCUT2D eigenvalue weighted by molar-refractivity contribution is 7.16. The van der Waals surface area contributed by atoms with Gasteiger partial charge < -0.3 is 0 Å². The maximum absolute atomic E-state index is 12.3. The van der Waals surface area contributed by atoms with Gasteiger partial charge in [-0.05, 0) is 17.0 Å². The van der Waals surface area contributed by atoms with E-state index in [0.717, 1.165) is 10.4 Å². The molecule has 1 aromatic carbocycles. The highest BCUT2D eigenvalue weighted by Gasteiger charge is 2.11. The Balaban J connectivity index is 2.24. The highest BCUT2D eigenvalue weighted by Crippen LogP contribution is 2.14. The zero-order valence-electron chi connectivity index (χ0n) is 10.4. The van der Waals surface area contributed by atoms with Crippen LogP contribution in [0.5, 0.6) is 0 Å². The molecule has 0 bridgehead atoms. The van der Waals surface area contributed by atoms with Crippen LogP contribution in [-0.4, -0.2) is 9.13 Å². The van der Waals surface area contributed by atoms with Crippen molar-refractivity contribution in [1.29, 1.82) is 0 Å². The number of aryl methyl sites for hydroxylation is 1. The topological polar surface area (TPSA) is 44.0 Å². The summed E-state index contributed by atoms with van der Waals surface area (Å²) in [4.78, 5) is 25.3. The van der Waals surface area contributed by atoms with Gasteiger partial charge in [0.2, 0.25) is 0 Å². The Morgan fingerprint density at radius 3 is 2.58 bits per heavy atom. The SMILES string of the molecule is Cn1c(=O)n(Cc2ccccc2)c(=O)c2ccsc21. The molecule has 0 aliphatic rings. The van der Waals surface area contributed by atoms with Crippen LogP contribution in [0.25, 0.3) is 10.2 Å². The van der Waals surface area contributed by atoms with E-state index < -0.39 is 0 Å². The van der Waals surface area contributed by atoms with Crippen molar-refractivity contribution in [2.45, 2.75) is 6.54 Å². The minimum absolute atomic E-state index is 0.219. The number of thiophene rings is 1.